The molecular weight excluding hydrogens is 416 g/mol. The third-order valence-electron chi connectivity index (χ3n) is 3.99. The molecule has 2 heterocycles. The van der Waals surface area contributed by atoms with Gasteiger partial charge in [0.25, 0.3) is 0 Å². The quantitative estimate of drug-likeness (QED) is 0.658. The van der Waals surface area contributed by atoms with Crippen LogP contribution < -0.4 is 9.47 Å². The number of hydrogen-bond acceptors (Lipinski definition) is 4. The smallest absolute Gasteiger partial charge is 0.145 e. The Morgan fingerprint density at radius 1 is 1.31 bits per heavy atom. The highest BCUT2D eigenvalue weighted by Gasteiger charge is 2.29. The average molecular weight is 437 g/mol. The van der Waals surface area contributed by atoms with E-state index in [4.69, 9.17) is 9.47 Å². The van der Waals surface area contributed by atoms with Gasteiger partial charge in [-0.1, -0.05) is 6.07 Å². The fourth-order valence-corrected chi connectivity index (χ4v) is 3.41. The zero-order chi connectivity index (χ0) is 18.9. The summed E-state index contributed by atoms with van der Waals surface area (Å²) in [6, 6.07) is 9.45. The molecular formula is C19H21BrN2O3S. The number of nitrogens with zero attached hydrogens (tertiary/aromatic N) is 2. The lowest BCUT2D eigenvalue weighted by molar-refractivity contribution is 0.205. The number of halogens is 1. The van der Waals surface area contributed by atoms with Crippen LogP contribution in [0.2, 0.25) is 0 Å². The molecule has 0 saturated carbocycles. The Morgan fingerprint density at radius 3 is 2.69 bits per heavy atom. The minimum atomic E-state index is -1.35. The van der Waals surface area contributed by atoms with Crippen molar-refractivity contribution in [3.8, 4) is 11.5 Å². The van der Waals surface area contributed by atoms with Crippen molar-refractivity contribution in [2.45, 2.75) is 38.0 Å². The van der Waals surface area contributed by atoms with Crippen LogP contribution in [0.25, 0.3) is 0 Å². The minimum Gasteiger partial charge on any atom is -0.497 e. The van der Waals surface area contributed by atoms with E-state index in [1.807, 2.05) is 51.1 Å². The van der Waals surface area contributed by atoms with Crippen LogP contribution in [0, 0.1) is 0 Å². The molecule has 0 radical (unpaired) electrons. The van der Waals surface area contributed by atoms with E-state index in [0.29, 0.717) is 17.9 Å². The van der Waals surface area contributed by atoms with Crippen molar-refractivity contribution in [2.75, 3.05) is 7.11 Å². The topological polar surface area (TPSA) is 60.8 Å². The minimum absolute atomic E-state index is 0.245. The summed E-state index contributed by atoms with van der Waals surface area (Å²) in [7, 11) is 0.269. The highest BCUT2D eigenvalue weighted by Crippen LogP contribution is 2.38. The summed E-state index contributed by atoms with van der Waals surface area (Å²) in [5.41, 5.74) is 2.57. The summed E-state index contributed by atoms with van der Waals surface area (Å²) in [6.07, 6.45) is 2.06. The molecule has 0 saturated heterocycles. The number of aromatic nitrogens is 1. The molecule has 1 aromatic heterocycles. The molecule has 0 N–H and O–H groups in total. The standard InChI is InChI=1S/C19H21BrN2O3S/c1-19(2,3)26(23)22-15-10-16(12-5-8-18(20)21-11-12)25-17-9-13(24-4)6-7-14(15)17/h5-9,11,16H,10H2,1-4H3/t16-,26+/m1/s1. The number of rotatable bonds is 3. The highest BCUT2D eigenvalue weighted by molar-refractivity contribution is 9.10. The van der Waals surface area contributed by atoms with Gasteiger partial charge in [0.05, 0.1) is 17.6 Å². The monoisotopic (exact) mass is 436 g/mol. The lowest BCUT2D eigenvalue weighted by Crippen LogP contribution is -2.25. The molecule has 3 rings (SSSR count). The maximum absolute atomic E-state index is 12.6. The third kappa shape index (κ3) is 4.15. The first-order valence-corrected chi connectivity index (χ1v) is 10.1. The van der Waals surface area contributed by atoms with Crippen LogP contribution in [-0.2, 0) is 11.0 Å². The van der Waals surface area contributed by atoms with E-state index in [1.165, 1.54) is 0 Å². The third-order valence-corrected chi connectivity index (χ3v) is 5.89. The van der Waals surface area contributed by atoms with Gasteiger partial charge in [-0.3, -0.25) is 0 Å². The first kappa shape index (κ1) is 19.0. The SMILES string of the molecule is COc1ccc2c(c1)O[C@@H](c1ccc(Br)nc1)CC2=N[S@@](=O)C(C)(C)C. The molecule has 5 nitrogen and oxygen atoms in total. The van der Waals surface area contributed by atoms with E-state index < -0.39 is 15.7 Å². The fraction of sp³-hybridized carbons (Fsp3) is 0.368. The number of hydrogen-bond donors (Lipinski definition) is 0. The molecule has 1 aromatic carbocycles. The lowest BCUT2D eigenvalue weighted by atomic mass is 9.96. The summed E-state index contributed by atoms with van der Waals surface area (Å²) in [5.74, 6) is 1.38. The molecule has 0 unspecified atom stereocenters. The Morgan fingerprint density at radius 2 is 2.08 bits per heavy atom. The summed E-state index contributed by atoms with van der Waals surface area (Å²) in [6.45, 7) is 5.74. The lowest BCUT2D eigenvalue weighted by Gasteiger charge is -2.28. The van der Waals surface area contributed by atoms with Gasteiger partial charge in [0.15, 0.2) is 0 Å². The van der Waals surface area contributed by atoms with Gasteiger partial charge < -0.3 is 9.47 Å². The Balaban J connectivity index is 2.04. The van der Waals surface area contributed by atoms with Crippen molar-refractivity contribution < 1.29 is 13.7 Å². The first-order valence-electron chi connectivity index (χ1n) is 8.24. The van der Waals surface area contributed by atoms with Gasteiger partial charge in [-0.05, 0) is 54.9 Å². The molecule has 0 bridgehead atoms. The maximum Gasteiger partial charge on any atom is 0.145 e. The van der Waals surface area contributed by atoms with Gasteiger partial charge in [-0.15, -0.1) is 0 Å². The molecule has 2 atom stereocenters. The average Bonchev–Trinajstić information content (AvgIpc) is 2.60. The normalized spacial score (nSPS) is 19.6. The van der Waals surface area contributed by atoms with Crippen LogP contribution in [-0.4, -0.2) is 26.8 Å². The summed E-state index contributed by atoms with van der Waals surface area (Å²) in [4.78, 5) is 4.28. The van der Waals surface area contributed by atoms with E-state index in [1.54, 1.807) is 13.3 Å². The zero-order valence-corrected chi connectivity index (χ0v) is 17.6. The Hall–Kier alpha value is -1.73. The van der Waals surface area contributed by atoms with Gasteiger partial charge in [-0.2, -0.15) is 4.40 Å². The van der Waals surface area contributed by atoms with Gasteiger partial charge >= 0.3 is 0 Å². The van der Waals surface area contributed by atoms with Crippen molar-refractivity contribution >= 4 is 32.6 Å². The molecule has 0 fully saturated rings. The van der Waals surface area contributed by atoms with Crippen LogP contribution in [0.4, 0.5) is 0 Å². The second-order valence-corrected chi connectivity index (χ2v) is 9.70. The molecule has 0 aliphatic carbocycles. The molecule has 2 aromatic rings. The number of methoxy groups -OCH3 is 1. The highest BCUT2D eigenvalue weighted by atomic mass is 79.9. The summed E-state index contributed by atoms with van der Waals surface area (Å²) >= 11 is 3.35. The molecule has 1 aliphatic heterocycles. The number of ether oxygens (including phenoxy) is 2. The molecule has 1 aliphatic rings. The Labute approximate surface area is 164 Å². The van der Waals surface area contributed by atoms with Crippen LogP contribution >= 0.6 is 15.9 Å². The van der Waals surface area contributed by atoms with E-state index in [-0.39, 0.29) is 6.10 Å². The largest absolute Gasteiger partial charge is 0.497 e. The van der Waals surface area contributed by atoms with Crippen molar-refractivity contribution in [2.24, 2.45) is 4.40 Å². The van der Waals surface area contributed by atoms with E-state index >= 15 is 0 Å². The van der Waals surface area contributed by atoms with Crippen molar-refractivity contribution in [3.05, 3.63) is 52.3 Å². The maximum atomic E-state index is 12.6. The zero-order valence-electron chi connectivity index (χ0n) is 15.2. The van der Waals surface area contributed by atoms with Crippen LogP contribution in [0.1, 0.15) is 44.4 Å². The fourth-order valence-electron chi connectivity index (χ4n) is 2.53. The molecule has 7 heteroatoms. The number of benzene rings is 1. The van der Waals surface area contributed by atoms with Gasteiger partial charge in [0, 0.05) is 29.8 Å². The second kappa shape index (κ2) is 7.48. The predicted molar refractivity (Wildman–Crippen MR) is 107 cm³/mol. The predicted octanol–water partition coefficient (Wildman–Crippen LogP) is 4.63. The molecule has 26 heavy (non-hydrogen) atoms. The molecule has 0 amide bonds. The molecule has 0 spiro atoms. The van der Waals surface area contributed by atoms with Gasteiger partial charge in [0.2, 0.25) is 0 Å². The first-order chi connectivity index (χ1) is 12.3. The van der Waals surface area contributed by atoms with Crippen molar-refractivity contribution in [1.82, 2.24) is 4.98 Å². The Kier molecular flexibility index (Phi) is 5.48. The van der Waals surface area contributed by atoms with E-state index in [0.717, 1.165) is 21.4 Å². The summed E-state index contributed by atoms with van der Waals surface area (Å²) < 4.78 is 29.0. The van der Waals surface area contributed by atoms with Crippen LogP contribution in [0.15, 0.2) is 45.5 Å². The Bertz CT molecular complexity index is 860. The van der Waals surface area contributed by atoms with Crippen molar-refractivity contribution in [1.29, 1.82) is 0 Å². The van der Waals surface area contributed by atoms with Gasteiger partial charge in [0.1, 0.15) is 33.2 Å². The molecule has 138 valence electrons. The van der Waals surface area contributed by atoms with Crippen LogP contribution in [0.3, 0.4) is 0 Å². The van der Waals surface area contributed by atoms with E-state index in [2.05, 4.69) is 25.3 Å². The van der Waals surface area contributed by atoms with Gasteiger partial charge in [-0.25, -0.2) is 9.19 Å². The van der Waals surface area contributed by atoms with Crippen LogP contribution in [0.5, 0.6) is 11.5 Å². The number of pyridine rings is 1. The second-order valence-electron chi connectivity index (χ2n) is 6.99. The van der Waals surface area contributed by atoms with Crippen molar-refractivity contribution in [3.63, 3.8) is 0 Å². The summed E-state index contributed by atoms with van der Waals surface area (Å²) in [5, 5.41) is 0. The van der Waals surface area contributed by atoms with E-state index in [9.17, 15) is 4.21 Å². The number of fused-ring (bicyclic) bond motifs is 1.